The minimum absolute atomic E-state index is 0.0580. The van der Waals surface area contributed by atoms with Crippen molar-refractivity contribution in [3.8, 4) is 5.75 Å². The van der Waals surface area contributed by atoms with Crippen LogP contribution in [-0.2, 0) is 24.3 Å². The minimum Gasteiger partial charge on any atom is -0.497 e. The van der Waals surface area contributed by atoms with Crippen molar-refractivity contribution in [2.45, 2.75) is 18.7 Å². The van der Waals surface area contributed by atoms with Gasteiger partial charge in [0.25, 0.3) is 10.0 Å². The van der Waals surface area contributed by atoms with Crippen molar-refractivity contribution < 1.29 is 32.2 Å². The molecule has 0 spiro atoms. The Morgan fingerprint density at radius 2 is 1.66 bits per heavy atom. The second-order valence-electron chi connectivity index (χ2n) is 5.80. The number of hydrogen-bond donors (Lipinski definition) is 1. The van der Waals surface area contributed by atoms with Gasteiger partial charge in [-0.05, 0) is 43.7 Å². The Hall–Kier alpha value is -3.33. The SMILES string of the molecule is CCOC(=O)/C(=C/OC(=O)NS(=O)(=O)c1ccc(C)cc1)c1ccc(OC)cc1. The highest BCUT2D eigenvalue weighted by Gasteiger charge is 2.20. The Labute approximate surface area is 169 Å². The molecule has 1 amide bonds. The van der Waals surface area contributed by atoms with Crippen LogP contribution in [-0.4, -0.2) is 34.2 Å². The molecule has 0 radical (unpaired) electrons. The van der Waals surface area contributed by atoms with E-state index < -0.39 is 22.1 Å². The molecule has 0 aliphatic rings. The maximum Gasteiger partial charge on any atom is 0.426 e. The van der Waals surface area contributed by atoms with E-state index in [0.717, 1.165) is 11.8 Å². The number of carbonyl (C=O) groups is 2. The highest BCUT2D eigenvalue weighted by atomic mass is 32.2. The van der Waals surface area contributed by atoms with Crippen LogP contribution in [0.15, 0.2) is 59.7 Å². The summed E-state index contributed by atoms with van der Waals surface area (Å²) < 4.78 is 41.1. The number of amides is 1. The summed E-state index contributed by atoms with van der Waals surface area (Å²) in [4.78, 5) is 24.1. The van der Waals surface area contributed by atoms with Gasteiger partial charge in [0.2, 0.25) is 0 Å². The van der Waals surface area contributed by atoms with Gasteiger partial charge in [-0.1, -0.05) is 29.8 Å². The molecule has 0 atom stereocenters. The second-order valence-corrected chi connectivity index (χ2v) is 7.49. The quantitative estimate of drug-likeness (QED) is 0.417. The summed E-state index contributed by atoms with van der Waals surface area (Å²) >= 11 is 0. The molecular weight excluding hydrogens is 398 g/mol. The number of aryl methyl sites for hydroxylation is 1. The molecule has 0 bridgehead atoms. The molecule has 2 rings (SSSR count). The molecule has 0 saturated heterocycles. The highest BCUT2D eigenvalue weighted by molar-refractivity contribution is 7.90. The van der Waals surface area contributed by atoms with Crippen LogP contribution in [0, 0.1) is 6.92 Å². The van der Waals surface area contributed by atoms with Crippen molar-refractivity contribution in [2.75, 3.05) is 13.7 Å². The molecule has 2 aromatic carbocycles. The molecule has 154 valence electrons. The summed E-state index contributed by atoms with van der Waals surface area (Å²) in [5.41, 5.74) is 1.21. The van der Waals surface area contributed by atoms with Crippen molar-refractivity contribution >= 4 is 27.7 Å². The van der Waals surface area contributed by atoms with Gasteiger partial charge in [-0.15, -0.1) is 0 Å². The van der Waals surface area contributed by atoms with Crippen LogP contribution in [0.1, 0.15) is 18.1 Å². The van der Waals surface area contributed by atoms with Gasteiger partial charge in [0.1, 0.15) is 17.6 Å². The first-order valence-corrected chi connectivity index (χ1v) is 10.1. The summed E-state index contributed by atoms with van der Waals surface area (Å²) in [5.74, 6) is -0.160. The van der Waals surface area contributed by atoms with Crippen LogP contribution in [0.4, 0.5) is 4.79 Å². The number of nitrogens with one attached hydrogen (secondary N) is 1. The number of benzene rings is 2. The maximum absolute atomic E-state index is 12.2. The molecule has 0 heterocycles. The van der Waals surface area contributed by atoms with Crippen molar-refractivity contribution in [1.29, 1.82) is 0 Å². The van der Waals surface area contributed by atoms with Crippen molar-refractivity contribution in [2.24, 2.45) is 0 Å². The van der Waals surface area contributed by atoms with E-state index in [9.17, 15) is 18.0 Å². The average Bonchev–Trinajstić information content (AvgIpc) is 2.69. The van der Waals surface area contributed by atoms with E-state index in [1.165, 1.54) is 19.2 Å². The molecule has 2 aromatic rings. The molecule has 1 N–H and O–H groups in total. The summed E-state index contributed by atoms with van der Waals surface area (Å²) in [6.45, 7) is 3.55. The monoisotopic (exact) mass is 419 g/mol. The zero-order chi connectivity index (χ0) is 21.4. The van der Waals surface area contributed by atoms with Gasteiger partial charge in [0, 0.05) is 0 Å². The smallest absolute Gasteiger partial charge is 0.426 e. The van der Waals surface area contributed by atoms with Gasteiger partial charge >= 0.3 is 12.1 Å². The minimum atomic E-state index is -4.11. The number of esters is 1. The van der Waals surface area contributed by atoms with Gasteiger partial charge in [-0.25, -0.2) is 22.7 Å². The summed E-state index contributed by atoms with van der Waals surface area (Å²) in [7, 11) is -2.62. The van der Waals surface area contributed by atoms with E-state index in [-0.39, 0.29) is 17.1 Å². The third kappa shape index (κ3) is 6.08. The van der Waals surface area contributed by atoms with Gasteiger partial charge in [-0.3, -0.25) is 0 Å². The molecule has 8 nitrogen and oxygen atoms in total. The molecular formula is C20H21NO7S. The highest BCUT2D eigenvalue weighted by Crippen LogP contribution is 2.20. The van der Waals surface area contributed by atoms with Gasteiger partial charge in [-0.2, -0.15) is 0 Å². The number of rotatable bonds is 7. The maximum atomic E-state index is 12.2. The molecule has 0 saturated carbocycles. The number of methoxy groups -OCH3 is 1. The Bertz CT molecular complexity index is 994. The lowest BCUT2D eigenvalue weighted by atomic mass is 10.1. The topological polar surface area (TPSA) is 108 Å². The molecule has 0 aliphatic carbocycles. The van der Waals surface area contributed by atoms with E-state index in [1.54, 1.807) is 55.0 Å². The third-order valence-corrected chi connectivity index (χ3v) is 5.06. The predicted molar refractivity (Wildman–Crippen MR) is 106 cm³/mol. The zero-order valence-electron chi connectivity index (χ0n) is 16.2. The normalized spacial score (nSPS) is 11.5. The molecule has 29 heavy (non-hydrogen) atoms. The standard InChI is InChI=1S/C20H21NO7S/c1-4-27-19(22)18(15-7-9-16(26-3)10-8-15)13-28-20(23)21-29(24,25)17-11-5-14(2)6-12-17/h5-13H,4H2,1-3H3,(H,21,23)/b18-13+. The fourth-order valence-corrected chi connectivity index (χ4v) is 3.12. The van der Waals surface area contributed by atoms with E-state index in [4.69, 9.17) is 14.2 Å². The fraction of sp³-hybridized carbons (Fsp3) is 0.200. The van der Waals surface area contributed by atoms with Gasteiger partial charge in [0.15, 0.2) is 0 Å². The molecule has 0 unspecified atom stereocenters. The third-order valence-electron chi connectivity index (χ3n) is 3.73. The Morgan fingerprint density at radius 3 is 2.21 bits per heavy atom. The fourth-order valence-electron chi connectivity index (χ4n) is 2.24. The summed E-state index contributed by atoms with van der Waals surface area (Å²) in [6.07, 6.45) is -0.416. The largest absolute Gasteiger partial charge is 0.497 e. The average molecular weight is 419 g/mol. The van der Waals surface area contributed by atoms with E-state index >= 15 is 0 Å². The molecule has 0 aromatic heterocycles. The Morgan fingerprint density at radius 1 is 1.03 bits per heavy atom. The number of carbonyl (C=O) groups excluding carboxylic acids is 2. The lowest BCUT2D eigenvalue weighted by Gasteiger charge is -2.09. The lowest BCUT2D eigenvalue weighted by molar-refractivity contribution is -0.136. The van der Waals surface area contributed by atoms with Crippen LogP contribution >= 0.6 is 0 Å². The van der Waals surface area contributed by atoms with Crippen molar-refractivity contribution in [3.05, 3.63) is 65.9 Å². The van der Waals surface area contributed by atoms with E-state index in [0.29, 0.717) is 11.3 Å². The van der Waals surface area contributed by atoms with Crippen LogP contribution in [0.3, 0.4) is 0 Å². The Kier molecular flexibility index (Phi) is 7.38. The van der Waals surface area contributed by atoms with Crippen LogP contribution in [0.25, 0.3) is 5.57 Å². The summed E-state index contributed by atoms with van der Waals surface area (Å²) in [5, 5.41) is 0. The first-order chi connectivity index (χ1) is 13.8. The van der Waals surface area contributed by atoms with Crippen LogP contribution in [0.5, 0.6) is 5.75 Å². The lowest BCUT2D eigenvalue weighted by Crippen LogP contribution is -2.30. The van der Waals surface area contributed by atoms with Crippen LogP contribution < -0.4 is 9.46 Å². The Balaban J connectivity index is 2.19. The first-order valence-electron chi connectivity index (χ1n) is 8.58. The molecule has 0 aliphatic heterocycles. The second kappa shape index (κ2) is 9.74. The van der Waals surface area contributed by atoms with E-state index in [1.807, 2.05) is 0 Å². The van der Waals surface area contributed by atoms with Gasteiger partial charge < -0.3 is 14.2 Å². The van der Waals surface area contributed by atoms with Crippen LogP contribution in [0.2, 0.25) is 0 Å². The predicted octanol–water partition coefficient (Wildman–Crippen LogP) is 3.02. The summed E-state index contributed by atoms with van der Waals surface area (Å²) in [6, 6.07) is 12.3. The number of ether oxygens (including phenoxy) is 3. The van der Waals surface area contributed by atoms with Crippen molar-refractivity contribution in [1.82, 2.24) is 4.72 Å². The number of hydrogen-bond acceptors (Lipinski definition) is 7. The van der Waals surface area contributed by atoms with Crippen molar-refractivity contribution in [3.63, 3.8) is 0 Å². The zero-order valence-corrected chi connectivity index (χ0v) is 17.0. The molecule has 9 heteroatoms. The first kappa shape index (κ1) is 22.0. The number of sulfonamides is 1. The molecule has 0 fully saturated rings. The van der Waals surface area contributed by atoms with E-state index in [2.05, 4.69) is 0 Å². The van der Waals surface area contributed by atoms with Gasteiger partial charge in [0.05, 0.1) is 18.6 Å².